The third-order valence-electron chi connectivity index (χ3n) is 3.85. The molecule has 1 aliphatic rings. The zero-order chi connectivity index (χ0) is 16.2. The van der Waals surface area contributed by atoms with Crippen LogP contribution >= 0.6 is 0 Å². The van der Waals surface area contributed by atoms with Crippen LogP contribution in [-0.2, 0) is 15.0 Å². The molecule has 0 aromatic rings. The third kappa shape index (κ3) is 4.15. The van der Waals surface area contributed by atoms with E-state index in [2.05, 4.69) is 0 Å². The Balaban J connectivity index is 2.97. The molecule has 8 heteroatoms. The second kappa shape index (κ2) is 7.20. The molecule has 3 atom stereocenters. The number of nitriles is 1. The van der Waals surface area contributed by atoms with E-state index in [0.29, 0.717) is 12.8 Å². The summed E-state index contributed by atoms with van der Waals surface area (Å²) in [4.78, 5) is 11.1. The van der Waals surface area contributed by atoms with Gasteiger partial charge in [0.2, 0.25) is 0 Å². The number of hydrogen-bond acceptors (Lipinski definition) is 4. The molecule has 0 aliphatic carbocycles. The summed E-state index contributed by atoms with van der Waals surface area (Å²) in [6, 6.07) is 1.80. The van der Waals surface area contributed by atoms with Gasteiger partial charge in [-0.25, -0.2) is 0 Å². The lowest BCUT2D eigenvalue weighted by atomic mass is 9.96. The average Bonchev–Trinajstić information content (AvgIpc) is 2.44. The Morgan fingerprint density at radius 3 is 2.62 bits per heavy atom. The first kappa shape index (κ1) is 17.9. The monoisotopic (exact) mass is 317 g/mol. The number of piperidine rings is 1. The standard InChI is InChI=1S/C13H23N3O4S/c1-4-15(8-10(2)7-14)21(19,20)16-9-12(13(17)18)6-5-11(16)3/h10-12H,4-6,8-9H2,1-3H3,(H,17,18). The van der Waals surface area contributed by atoms with Crippen molar-refractivity contribution in [1.29, 1.82) is 5.26 Å². The molecule has 0 aromatic heterocycles. The van der Waals surface area contributed by atoms with E-state index in [4.69, 9.17) is 10.4 Å². The summed E-state index contributed by atoms with van der Waals surface area (Å²) in [6.45, 7) is 5.54. The molecule has 1 saturated heterocycles. The molecule has 0 saturated carbocycles. The van der Waals surface area contributed by atoms with Crippen molar-refractivity contribution in [1.82, 2.24) is 8.61 Å². The Kier molecular flexibility index (Phi) is 6.13. The second-order valence-corrected chi connectivity index (χ2v) is 7.40. The molecule has 3 unspecified atom stereocenters. The quantitative estimate of drug-likeness (QED) is 0.784. The third-order valence-corrected chi connectivity index (χ3v) is 6.01. The molecule has 0 radical (unpaired) electrons. The lowest BCUT2D eigenvalue weighted by Gasteiger charge is -2.38. The Labute approximate surface area is 126 Å². The number of nitrogens with zero attached hydrogens (tertiary/aromatic N) is 3. The molecule has 0 aromatic carbocycles. The normalized spacial score (nSPS) is 25.5. The fourth-order valence-corrected chi connectivity index (χ4v) is 4.44. The first-order valence-electron chi connectivity index (χ1n) is 7.13. The van der Waals surface area contributed by atoms with Gasteiger partial charge in [0.25, 0.3) is 10.2 Å². The van der Waals surface area contributed by atoms with E-state index in [1.807, 2.05) is 6.07 Å². The van der Waals surface area contributed by atoms with E-state index >= 15 is 0 Å². The minimum absolute atomic E-state index is 0.00370. The molecular weight excluding hydrogens is 294 g/mol. The maximum absolute atomic E-state index is 12.7. The molecule has 7 nitrogen and oxygen atoms in total. The van der Waals surface area contributed by atoms with E-state index < -0.39 is 28.0 Å². The summed E-state index contributed by atoms with van der Waals surface area (Å²) in [5.41, 5.74) is 0. The largest absolute Gasteiger partial charge is 0.481 e. The number of carboxylic acids is 1. The summed E-state index contributed by atoms with van der Waals surface area (Å²) in [6.07, 6.45) is 1.02. The first-order valence-corrected chi connectivity index (χ1v) is 8.53. The van der Waals surface area contributed by atoms with E-state index in [1.165, 1.54) is 8.61 Å². The number of aliphatic carboxylic acids is 1. The summed E-state index contributed by atoms with van der Waals surface area (Å²) in [5.74, 6) is -2.03. The van der Waals surface area contributed by atoms with E-state index in [1.54, 1.807) is 20.8 Å². The maximum atomic E-state index is 12.7. The lowest BCUT2D eigenvalue weighted by Crippen LogP contribution is -2.53. The van der Waals surface area contributed by atoms with Gasteiger partial charge in [-0.2, -0.15) is 22.3 Å². The molecule has 120 valence electrons. The van der Waals surface area contributed by atoms with Crippen molar-refractivity contribution in [2.45, 2.75) is 39.7 Å². The van der Waals surface area contributed by atoms with Crippen LogP contribution in [0, 0.1) is 23.2 Å². The van der Waals surface area contributed by atoms with Gasteiger partial charge in [0, 0.05) is 25.7 Å². The Hall–Kier alpha value is -1.17. The Morgan fingerprint density at radius 2 is 2.14 bits per heavy atom. The van der Waals surface area contributed by atoms with Crippen LogP contribution in [0.25, 0.3) is 0 Å². The van der Waals surface area contributed by atoms with Gasteiger partial charge < -0.3 is 5.11 Å². The fraction of sp³-hybridized carbons (Fsp3) is 0.846. The lowest BCUT2D eigenvalue weighted by molar-refractivity contribution is -0.143. The van der Waals surface area contributed by atoms with Crippen molar-refractivity contribution in [3.05, 3.63) is 0 Å². The van der Waals surface area contributed by atoms with E-state index in [9.17, 15) is 13.2 Å². The summed E-state index contributed by atoms with van der Waals surface area (Å²) >= 11 is 0. The average molecular weight is 317 g/mol. The number of rotatable bonds is 6. The molecule has 0 bridgehead atoms. The number of hydrogen-bond donors (Lipinski definition) is 1. The predicted molar refractivity (Wildman–Crippen MR) is 77.5 cm³/mol. The SMILES string of the molecule is CCN(CC(C)C#N)S(=O)(=O)N1CC(C(=O)O)CCC1C. The van der Waals surface area contributed by atoms with Crippen molar-refractivity contribution < 1.29 is 18.3 Å². The predicted octanol–water partition coefficient (Wildman–Crippen LogP) is 0.898. The number of carbonyl (C=O) groups is 1. The zero-order valence-corrected chi connectivity index (χ0v) is 13.5. The van der Waals surface area contributed by atoms with Gasteiger partial charge >= 0.3 is 5.97 Å². The van der Waals surface area contributed by atoms with Crippen LogP contribution in [0.3, 0.4) is 0 Å². The molecule has 0 spiro atoms. The van der Waals surface area contributed by atoms with Crippen LogP contribution in [0.2, 0.25) is 0 Å². The molecule has 1 heterocycles. The van der Waals surface area contributed by atoms with Crippen LogP contribution in [0.4, 0.5) is 0 Å². The highest BCUT2D eigenvalue weighted by atomic mass is 32.2. The van der Waals surface area contributed by atoms with Gasteiger partial charge in [0.1, 0.15) is 0 Å². The van der Waals surface area contributed by atoms with Crippen LogP contribution in [-0.4, -0.2) is 53.8 Å². The van der Waals surface area contributed by atoms with Gasteiger partial charge in [-0.15, -0.1) is 0 Å². The summed E-state index contributed by atoms with van der Waals surface area (Å²) in [7, 11) is -3.74. The Bertz CT molecular complexity index is 514. The van der Waals surface area contributed by atoms with Gasteiger partial charge in [-0.1, -0.05) is 6.92 Å². The van der Waals surface area contributed by atoms with Gasteiger partial charge in [0.05, 0.1) is 17.9 Å². The topological polar surface area (TPSA) is 102 Å². The fourth-order valence-electron chi connectivity index (χ4n) is 2.48. The first-order chi connectivity index (χ1) is 9.73. The molecule has 21 heavy (non-hydrogen) atoms. The minimum Gasteiger partial charge on any atom is -0.481 e. The highest BCUT2D eigenvalue weighted by Gasteiger charge is 2.39. The molecule has 0 amide bonds. The van der Waals surface area contributed by atoms with Gasteiger partial charge in [-0.3, -0.25) is 4.79 Å². The maximum Gasteiger partial charge on any atom is 0.307 e. The zero-order valence-electron chi connectivity index (χ0n) is 12.7. The molecular formula is C13H23N3O4S. The highest BCUT2D eigenvalue weighted by molar-refractivity contribution is 7.86. The van der Waals surface area contributed by atoms with Crippen LogP contribution in [0.1, 0.15) is 33.6 Å². The number of carboxylic acid groups (broad SMARTS) is 1. The van der Waals surface area contributed by atoms with E-state index in [0.717, 1.165) is 0 Å². The Morgan fingerprint density at radius 1 is 1.52 bits per heavy atom. The van der Waals surface area contributed by atoms with Crippen LogP contribution < -0.4 is 0 Å². The molecule has 1 rings (SSSR count). The van der Waals surface area contributed by atoms with Gasteiger partial charge in [0.15, 0.2) is 0 Å². The molecule has 1 N–H and O–H groups in total. The van der Waals surface area contributed by atoms with Crippen molar-refractivity contribution >= 4 is 16.2 Å². The highest BCUT2D eigenvalue weighted by Crippen LogP contribution is 2.26. The smallest absolute Gasteiger partial charge is 0.307 e. The minimum atomic E-state index is -3.74. The van der Waals surface area contributed by atoms with Crippen molar-refractivity contribution in [3.63, 3.8) is 0 Å². The van der Waals surface area contributed by atoms with Gasteiger partial charge in [-0.05, 0) is 26.7 Å². The van der Waals surface area contributed by atoms with Crippen LogP contribution in [0.5, 0.6) is 0 Å². The summed E-state index contributed by atoms with van der Waals surface area (Å²) in [5, 5.41) is 18.0. The van der Waals surface area contributed by atoms with Crippen molar-refractivity contribution in [2.24, 2.45) is 11.8 Å². The van der Waals surface area contributed by atoms with E-state index in [-0.39, 0.29) is 25.7 Å². The van der Waals surface area contributed by atoms with Crippen LogP contribution in [0.15, 0.2) is 0 Å². The molecule has 1 aliphatic heterocycles. The summed E-state index contributed by atoms with van der Waals surface area (Å²) < 4.78 is 27.9. The molecule has 1 fully saturated rings. The van der Waals surface area contributed by atoms with Crippen molar-refractivity contribution in [3.8, 4) is 6.07 Å². The van der Waals surface area contributed by atoms with Crippen molar-refractivity contribution in [2.75, 3.05) is 19.6 Å². The second-order valence-electron chi connectivity index (χ2n) is 5.52.